The second-order valence-corrected chi connectivity index (χ2v) is 28.7. The molecule has 62 heavy (non-hydrogen) atoms. The van der Waals surface area contributed by atoms with Crippen LogP contribution in [-0.4, -0.2) is 47.7 Å². The van der Waals surface area contributed by atoms with Crippen LogP contribution in [0.1, 0.15) is 77.6 Å². The summed E-state index contributed by atoms with van der Waals surface area (Å²) in [5.74, 6) is -0.658. The van der Waals surface area contributed by atoms with Crippen molar-refractivity contribution < 1.29 is 23.2 Å². The average molecular weight is 861 g/mol. The minimum atomic E-state index is -3.05. The Morgan fingerprint density at radius 3 is 1.42 bits per heavy atom. The van der Waals surface area contributed by atoms with Gasteiger partial charge in [-0.2, -0.15) is 0 Å². The molecular formula is C55H64O5Si2. The number of hydrogen-bond donors (Lipinski definition) is 0. The molecule has 2 fully saturated rings. The van der Waals surface area contributed by atoms with E-state index in [-0.39, 0.29) is 39.5 Å². The standard InChI is InChI=1S/C55H64O5Si2/c1-54(2,3)61(44-27-14-8-15-28-44,45-29-16-9-17-30-45)58-38-43-37-42-36-41-26-22-23-35-48(41)51(56)50(42)52(60-53(57)40-24-12-7-13-25-40)49(43)39-59-62(55(4,5)6,46-31-18-10-19-32-46)47-33-20-11-21-34-47/h7-25,27-34,41-43,48-50,52H,26,35-39H2,1-6H3/t41-,42+,43-,48-,49-,50-,52-/m0/s1. The fourth-order valence-corrected chi connectivity index (χ4v) is 20.8. The number of benzene rings is 5. The van der Waals surface area contributed by atoms with Crippen LogP contribution in [0.25, 0.3) is 0 Å². The van der Waals surface area contributed by atoms with E-state index in [1.165, 1.54) is 20.7 Å². The number of fused-ring (bicyclic) bond motifs is 2. The van der Waals surface area contributed by atoms with Crippen molar-refractivity contribution in [3.63, 3.8) is 0 Å². The van der Waals surface area contributed by atoms with E-state index in [0.717, 1.165) is 25.7 Å². The van der Waals surface area contributed by atoms with E-state index >= 15 is 4.79 Å². The maximum atomic E-state index is 15.1. The van der Waals surface area contributed by atoms with Crippen LogP contribution in [0.15, 0.2) is 164 Å². The lowest BCUT2D eigenvalue weighted by Crippen LogP contribution is -2.68. The van der Waals surface area contributed by atoms with Gasteiger partial charge in [-0.1, -0.05) is 193 Å². The van der Waals surface area contributed by atoms with Crippen LogP contribution in [0.3, 0.4) is 0 Å². The Hall–Kier alpha value is -4.67. The quantitative estimate of drug-likeness (QED) is 0.0711. The number of allylic oxidation sites excluding steroid dienone is 2. The summed E-state index contributed by atoms with van der Waals surface area (Å²) in [5.41, 5.74) is 0.489. The summed E-state index contributed by atoms with van der Waals surface area (Å²) in [4.78, 5) is 29.6. The lowest BCUT2D eigenvalue weighted by molar-refractivity contribution is -0.154. The van der Waals surface area contributed by atoms with Crippen LogP contribution in [-0.2, 0) is 18.4 Å². The summed E-state index contributed by atoms with van der Waals surface area (Å²) in [6.07, 6.45) is 7.14. The molecule has 5 aromatic carbocycles. The first kappa shape index (κ1) is 44.0. The molecule has 7 atom stereocenters. The third-order valence-corrected chi connectivity index (χ3v) is 24.5. The molecule has 3 aliphatic rings. The third-order valence-electron chi connectivity index (χ3n) is 14.5. The minimum absolute atomic E-state index is 0.0562. The Kier molecular flexibility index (Phi) is 12.9. The van der Waals surface area contributed by atoms with Crippen molar-refractivity contribution in [3.8, 4) is 0 Å². The summed E-state index contributed by atoms with van der Waals surface area (Å²) in [5, 5.41) is 4.34. The summed E-state index contributed by atoms with van der Waals surface area (Å²) >= 11 is 0. The Morgan fingerprint density at radius 1 is 0.548 bits per heavy atom. The van der Waals surface area contributed by atoms with Crippen LogP contribution >= 0.6 is 0 Å². The summed E-state index contributed by atoms with van der Waals surface area (Å²) in [7, 11) is -6.01. The number of carbonyl (C=O) groups is 2. The molecule has 0 aromatic heterocycles. The van der Waals surface area contributed by atoms with Gasteiger partial charge in [0.2, 0.25) is 0 Å². The predicted octanol–water partition coefficient (Wildman–Crippen LogP) is 9.79. The fraction of sp³-hybridized carbons (Fsp3) is 0.382. The first-order valence-corrected chi connectivity index (χ1v) is 26.6. The molecule has 8 rings (SSSR count). The number of carbonyl (C=O) groups excluding carboxylic acids is 2. The van der Waals surface area contributed by atoms with Crippen molar-refractivity contribution in [2.24, 2.45) is 35.5 Å². The highest BCUT2D eigenvalue weighted by Gasteiger charge is 2.58. The van der Waals surface area contributed by atoms with Crippen molar-refractivity contribution >= 4 is 49.1 Å². The Labute approximate surface area is 372 Å². The molecule has 5 nitrogen and oxygen atoms in total. The van der Waals surface area contributed by atoms with E-state index in [9.17, 15) is 4.79 Å². The Bertz CT molecular complexity index is 2210. The molecule has 5 aromatic rings. The maximum absolute atomic E-state index is 15.1. The molecule has 0 heterocycles. The van der Waals surface area contributed by atoms with Gasteiger partial charge < -0.3 is 13.6 Å². The van der Waals surface area contributed by atoms with Crippen molar-refractivity contribution in [1.82, 2.24) is 0 Å². The van der Waals surface area contributed by atoms with Crippen LogP contribution < -0.4 is 20.7 Å². The van der Waals surface area contributed by atoms with Crippen molar-refractivity contribution in [1.29, 1.82) is 0 Å². The van der Waals surface area contributed by atoms with Gasteiger partial charge in [-0.15, -0.1) is 0 Å². The molecule has 3 aliphatic carbocycles. The third kappa shape index (κ3) is 8.29. The number of ketones is 1. The number of rotatable bonds is 12. The monoisotopic (exact) mass is 860 g/mol. The van der Waals surface area contributed by atoms with E-state index in [1.54, 1.807) is 0 Å². The topological polar surface area (TPSA) is 61.8 Å². The van der Waals surface area contributed by atoms with Gasteiger partial charge in [0.1, 0.15) is 11.9 Å². The molecule has 322 valence electrons. The predicted molar refractivity (Wildman–Crippen MR) is 256 cm³/mol. The molecule has 0 unspecified atom stereocenters. The minimum Gasteiger partial charge on any atom is -0.458 e. The molecule has 0 bridgehead atoms. The van der Waals surface area contributed by atoms with Crippen LogP contribution in [0.2, 0.25) is 10.1 Å². The van der Waals surface area contributed by atoms with Crippen molar-refractivity contribution in [3.05, 3.63) is 169 Å². The second kappa shape index (κ2) is 18.2. The van der Waals surface area contributed by atoms with Gasteiger partial charge in [-0.3, -0.25) is 4.79 Å². The van der Waals surface area contributed by atoms with Gasteiger partial charge in [-0.05, 0) is 86.4 Å². The largest absolute Gasteiger partial charge is 0.458 e. The zero-order chi connectivity index (χ0) is 43.5. The fourth-order valence-electron chi connectivity index (χ4n) is 11.6. The van der Waals surface area contributed by atoms with E-state index < -0.39 is 34.6 Å². The number of esters is 1. The molecule has 0 saturated heterocycles. The SMILES string of the molecule is CC(C)(C)[Si](OC[C@@H]1C[C@H]2C[C@@H]3CC=CC[C@@H]3C(=O)[C@H]2[C@@H](OC(=O)c2ccccc2)[C@H]1CO[Si](c1ccccc1)(c1ccccc1)C(C)(C)C)(c1ccccc1)c1ccccc1. The first-order chi connectivity index (χ1) is 29.8. The van der Waals surface area contributed by atoms with Crippen LogP contribution in [0.4, 0.5) is 0 Å². The summed E-state index contributed by atoms with van der Waals surface area (Å²) < 4.78 is 22.5. The molecule has 0 radical (unpaired) electrons. The molecule has 2 saturated carbocycles. The molecule has 7 heteroatoms. The highest BCUT2D eigenvalue weighted by molar-refractivity contribution is 7.00. The number of hydrogen-bond acceptors (Lipinski definition) is 5. The first-order valence-electron chi connectivity index (χ1n) is 22.8. The lowest BCUT2D eigenvalue weighted by atomic mass is 9.55. The molecule has 0 amide bonds. The van der Waals surface area contributed by atoms with Crippen molar-refractivity contribution in [2.75, 3.05) is 13.2 Å². The highest BCUT2D eigenvalue weighted by atomic mass is 28.4. The van der Waals surface area contributed by atoms with E-state index in [0.29, 0.717) is 24.7 Å². The Morgan fingerprint density at radius 2 is 0.968 bits per heavy atom. The van der Waals surface area contributed by atoms with Gasteiger partial charge in [-0.25, -0.2) is 4.79 Å². The summed E-state index contributed by atoms with van der Waals surface area (Å²) in [6, 6.07) is 52.4. The van der Waals surface area contributed by atoms with E-state index in [2.05, 4.69) is 175 Å². The normalized spacial score (nSPS) is 24.2. The van der Waals surface area contributed by atoms with Gasteiger partial charge in [0.15, 0.2) is 0 Å². The lowest BCUT2D eigenvalue weighted by Gasteiger charge is -2.53. The van der Waals surface area contributed by atoms with E-state index in [1.807, 2.05) is 30.3 Å². The zero-order valence-corrected chi connectivity index (χ0v) is 39.4. The van der Waals surface area contributed by atoms with Gasteiger partial charge >= 0.3 is 5.97 Å². The molecule has 0 N–H and O–H groups in total. The smallest absolute Gasteiger partial charge is 0.338 e. The molecule has 0 spiro atoms. The molecule has 0 aliphatic heterocycles. The summed E-state index contributed by atoms with van der Waals surface area (Å²) in [6.45, 7) is 14.6. The average Bonchev–Trinajstić information content (AvgIpc) is 3.28. The van der Waals surface area contributed by atoms with Crippen LogP contribution in [0.5, 0.6) is 0 Å². The van der Waals surface area contributed by atoms with Gasteiger partial charge in [0.05, 0.1) is 11.5 Å². The van der Waals surface area contributed by atoms with Gasteiger partial charge in [0.25, 0.3) is 16.6 Å². The number of Topliss-reactive ketones (excluding diaryl/α,β-unsaturated/α-hetero) is 1. The van der Waals surface area contributed by atoms with Crippen molar-refractivity contribution in [2.45, 2.75) is 83.4 Å². The maximum Gasteiger partial charge on any atom is 0.338 e. The van der Waals surface area contributed by atoms with E-state index in [4.69, 9.17) is 13.6 Å². The highest BCUT2D eigenvalue weighted by Crippen LogP contribution is 2.52. The zero-order valence-electron chi connectivity index (χ0n) is 37.4. The van der Waals surface area contributed by atoms with Gasteiger partial charge in [0, 0.05) is 25.0 Å². The Balaban J connectivity index is 1.28. The number of ether oxygens (including phenoxy) is 1. The molecular weight excluding hydrogens is 797 g/mol. The van der Waals surface area contributed by atoms with Crippen LogP contribution in [0, 0.1) is 35.5 Å². The second-order valence-electron chi connectivity index (χ2n) is 20.1.